The van der Waals surface area contributed by atoms with Crippen LogP contribution >= 0.6 is 11.3 Å². The number of fused-ring (bicyclic) bond motifs is 1. The molecule has 1 aromatic heterocycles. The second kappa shape index (κ2) is 11.9. The molecule has 6 heteroatoms. The van der Waals surface area contributed by atoms with Gasteiger partial charge in [0, 0.05) is 19.2 Å². The number of hydrogen-bond acceptors (Lipinski definition) is 6. The van der Waals surface area contributed by atoms with E-state index in [9.17, 15) is 0 Å². The van der Waals surface area contributed by atoms with Crippen LogP contribution in [0.3, 0.4) is 0 Å². The lowest BCUT2D eigenvalue weighted by Gasteiger charge is -2.21. The van der Waals surface area contributed by atoms with E-state index >= 15 is 0 Å². The number of ether oxygens (including phenoxy) is 1. The smallest absolute Gasteiger partial charge is 0.186 e. The maximum absolute atomic E-state index is 7.49. The summed E-state index contributed by atoms with van der Waals surface area (Å²) >= 11 is 1.72. The van der Waals surface area contributed by atoms with Crippen molar-refractivity contribution in [3.8, 4) is 5.75 Å². The Bertz CT molecular complexity index is 693. The third-order valence-electron chi connectivity index (χ3n) is 4.67. The van der Waals surface area contributed by atoms with Gasteiger partial charge < -0.3 is 9.64 Å². The molecule has 0 aliphatic carbocycles. The summed E-state index contributed by atoms with van der Waals surface area (Å²) in [7, 11) is 0. The van der Waals surface area contributed by atoms with Crippen molar-refractivity contribution in [3.05, 3.63) is 12.1 Å². The summed E-state index contributed by atoms with van der Waals surface area (Å²) in [5.41, 5.74) is 8.98. The predicted octanol–water partition coefficient (Wildman–Crippen LogP) is 7.32. The molecule has 150 valence electrons. The van der Waals surface area contributed by atoms with Crippen molar-refractivity contribution < 1.29 is 4.74 Å². The van der Waals surface area contributed by atoms with E-state index in [2.05, 4.69) is 30.8 Å². The van der Waals surface area contributed by atoms with Crippen LogP contribution in [0.5, 0.6) is 5.75 Å². The molecule has 0 bridgehead atoms. The van der Waals surface area contributed by atoms with Crippen molar-refractivity contribution in [2.45, 2.75) is 72.1 Å². The zero-order chi connectivity index (χ0) is 19.5. The van der Waals surface area contributed by atoms with Crippen molar-refractivity contribution in [1.29, 1.82) is 5.53 Å². The molecule has 0 radical (unpaired) electrons. The maximum Gasteiger partial charge on any atom is 0.186 e. The SMILES string of the molecule is CCCCCCOc1cc2sc(N(CCCC)CCCC)nc2cc1N=N. The number of unbranched alkanes of at least 4 members (excludes halogenated alkanes) is 5. The standard InChI is InChI=1S/C21H34N4OS/c1-4-7-10-11-14-26-19-16-20-18(15-17(19)24-22)23-21(27-20)25(12-8-5-2)13-9-6-3/h15-16,22H,4-14H2,1-3H3. The Hall–Kier alpha value is -1.69. The van der Waals surface area contributed by atoms with Crippen LogP contribution in [-0.4, -0.2) is 24.7 Å². The average Bonchev–Trinajstić information content (AvgIpc) is 3.09. The molecule has 0 saturated heterocycles. The van der Waals surface area contributed by atoms with E-state index in [1.807, 2.05) is 12.1 Å². The minimum absolute atomic E-state index is 0.573. The topological polar surface area (TPSA) is 61.6 Å². The number of rotatable bonds is 14. The third-order valence-corrected chi connectivity index (χ3v) is 5.75. The molecule has 5 nitrogen and oxygen atoms in total. The maximum atomic E-state index is 7.49. The first-order chi connectivity index (χ1) is 13.2. The first kappa shape index (κ1) is 21.6. The van der Waals surface area contributed by atoms with Gasteiger partial charge in [-0.05, 0) is 25.3 Å². The number of nitrogens with zero attached hydrogens (tertiary/aromatic N) is 3. The fourth-order valence-electron chi connectivity index (χ4n) is 2.98. The Morgan fingerprint density at radius 2 is 1.70 bits per heavy atom. The predicted molar refractivity (Wildman–Crippen MR) is 116 cm³/mol. The Labute approximate surface area is 167 Å². The second-order valence-corrected chi connectivity index (χ2v) is 8.01. The van der Waals surface area contributed by atoms with Crippen LogP contribution in [0.15, 0.2) is 17.2 Å². The normalized spacial score (nSPS) is 11.1. The van der Waals surface area contributed by atoms with E-state index in [4.69, 9.17) is 15.3 Å². The molecular formula is C21H34N4OS. The molecule has 0 amide bonds. The number of aromatic nitrogens is 1. The molecule has 27 heavy (non-hydrogen) atoms. The van der Waals surface area contributed by atoms with Crippen LogP contribution in [0, 0.1) is 5.53 Å². The van der Waals surface area contributed by atoms with Crippen LogP contribution in [0.2, 0.25) is 0 Å². The zero-order valence-electron chi connectivity index (χ0n) is 17.1. The average molecular weight is 391 g/mol. The molecule has 0 aliphatic rings. The minimum Gasteiger partial charge on any atom is -0.491 e. The van der Waals surface area contributed by atoms with Crippen LogP contribution in [0.25, 0.3) is 10.2 Å². The molecule has 0 saturated carbocycles. The quantitative estimate of drug-likeness (QED) is 0.271. The lowest BCUT2D eigenvalue weighted by atomic mass is 10.2. The molecule has 0 spiro atoms. The van der Waals surface area contributed by atoms with Gasteiger partial charge in [0.2, 0.25) is 0 Å². The lowest BCUT2D eigenvalue weighted by Crippen LogP contribution is -2.25. The van der Waals surface area contributed by atoms with E-state index in [0.29, 0.717) is 18.0 Å². The number of benzene rings is 1. The largest absolute Gasteiger partial charge is 0.491 e. The summed E-state index contributed by atoms with van der Waals surface area (Å²) in [5.74, 6) is 0.706. The second-order valence-electron chi connectivity index (χ2n) is 7.00. The highest BCUT2D eigenvalue weighted by Gasteiger charge is 2.15. The van der Waals surface area contributed by atoms with Gasteiger partial charge in [0.25, 0.3) is 0 Å². The molecule has 2 aromatic rings. The van der Waals surface area contributed by atoms with E-state index in [-0.39, 0.29) is 0 Å². The molecule has 1 N–H and O–H groups in total. The van der Waals surface area contributed by atoms with Gasteiger partial charge in [0.05, 0.1) is 16.8 Å². The van der Waals surface area contributed by atoms with Gasteiger partial charge >= 0.3 is 0 Å². The van der Waals surface area contributed by atoms with Gasteiger partial charge in [-0.15, -0.1) is 0 Å². The van der Waals surface area contributed by atoms with Crippen molar-refractivity contribution in [2.75, 3.05) is 24.6 Å². The Balaban J connectivity index is 2.17. The van der Waals surface area contributed by atoms with Crippen LogP contribution in [0.1, 0.15) is 72.1 Å². The zero-order valence-corrected chi connectivity index (χ0v) is 17.9. The number of anilines is 1. The van der Waals surface area contributed by atoms with Gasteiger partial charge in [-0.3, -0.25) is 0 Å². The van der Waals surface area contributed by atoms with Crippen molar-refractivity contribution >= 4 is 32.4 Å². The van der Waals surface area contributed by atoms with Crippen molar-refractivity contribution in [3.63, 3.8) is 0 Å². The van der Waals surface area contributed by atoms with Crippen molar-refractivity contribution in [1.82, 2.24) is 4.98 Å². The van der Waals surface area contributed by atoms with E-state index in [1.165, 1.54) is 44.9 Å². The van der Waals surface area contributed by atoms with Gasteiger partial charge in [-0.2, -0.15) is 5.11 Å². The number of nitrogens with one attached hydrogen (secondary N) is 1. The molecule has 0 atom stereocenters. The highest BCUT2D eigenvalue weighted by Crippen LogP contribution is 2.37. The van der Waals surface area contributed by atoms with Crippen LogP contribution in [0.4, 0.5) is 10.8 Å². The monoisotopic (exact) mass is 390 g/mol. The molecule has 2 rings (SSSR count). The van der Waals surface area contributed by atoms with E-state index < -0.39 is 0 Å². The Morgan fingerprint density at radius 1 is 1.00 bits per heavy atom. The molecule has 1 heterocycles. The van der Waals surface area contributed by atoms with E-state index in [0.717, 1.165) is 34.9 Å². The summed E-state index contributed by atoms with van der Waals surface area (Å²) in [6, 6.07) is 3.91. The molecule has 0 fully saturated rings. The molecular weight excluding hydrogens is 356 g/mol. The highest BCUT2D eigenvalue weighted by molar-refractivity contribution is 7.22. The lowest BCUT2D eigenvalue weighted by molar-refractivity contribution is 0.306. The summed E-state index contributed by atoms with van der Waals surface area (Å²) < 4.78 is 7.04. The van der Waals surface area contributed by atoms with Gasteiger partial charge in [-0.25, -0.2) is 10.5 Å². The van der Waals surface area contributed by atoms with Crippen LogP contribution in [-0.2, 0) is 0 Å². The van der Waals surface area contributed by atoms with Crippen LogP contribution < -0.4 is 9.64 Å². The molecule has 0 aliphatic heterocycles. The Morgan fingerprint density at radius 3 is 2.33 bits per heavy atom. The highest BCUT2D eigenvalue weighted by atomic mass is 32.1. The fraction of sp³-hybridized carbons (Fsp3) is 0.667. The first-order valence-electron chi connectivity index (χ1n) is 10.4. The summed E-state index contributed by atoms with van der Waals surface area (Å²) in [6.07, 6.45) is 9.41. The van der Waals surface area contributed by atoms with Gasteiger partial charge in [0.1, 0.15) is 11.4 Å². The number of thiazole rings is 1. The number of hydrogen-bond donors (Lipinski definition) is 1. The minimum atomic E-state index is 0.573. The molecule has 1 aromatic carbocycles. The first-order valence-corrected chi connectivity index (χ1v) is 11.2. The van der Waals surface area contributed by atoms with Gasteiger partial charge in [-0.1, -0.05) is 64.2 Å². The summed E-state index contributed by atoms with van der Waals surface area (Å²) in [4.78, 5) is 7.24. The fourth-order valence-corrected chi connectivity index (χ4v) is 4.01. The molecule has 0 unspecified atom stereocenters. The summed E-state index contributed by atoms with van der Waals surface area (Å²) in [5, 5.41) is 4.74. The summed E-state index contributed by atoms with van der Waals surface area (Å²) in [6.45, 7) is 9.43. The van der Waals surface area contributed by atoms with Gasteiger partial charge in [0.15, 0.2) is 5.13 Å². The van der Waals surface area contributed by atoms with E-state index in [1.54, 1.807) is 11.3 Å². The third kappa shape index (κ3) is 6.45. The van der Waals surface area contributed by atoms with Crippen molar-refractivity contribution in [2.24, 2.45) is 5.11 Å². The Kier molecular flexibility index (Phi) is 9.53.